The number of halogens is 1. The summed E-state index contributed by atoms with van der Waals surface area (Å²) < 4.78 is 5.13. The largest absolute Gasteiger partial charge is 0.497 e. The molecule has 0 atom stereocenters. The van der Waals surface area contributed by atoms with Crippen molar-refractivity contribution in [2.75, 3.05) is 7.11 Å². The average molecular weight is 301 g/mol. The molecule has 0 spiro atoms. The number of rotatable bonds is 4. The van der Waals surface area contributed by atoms with E-state index >= 15 is 0 Å². The summed E-state index contributed by atoms with van der Waals surface area (Å²) in [5.74, 6) is 1.39. The second-order valence-corrected chi connectivity index (χ2v) is 4.93. The van der Waals surface area contributed by atoms with Crippen molar-refractivity contribution in [2.45, 2.75) is 6.54 Å². The van der Waals surface area contributed by atoms with Crippen molar-refractivity contribution in [1.82, 2.24) is 20.2 Å². The Balaban J connectivity index is 1.77. The van der Waals surface area contributed by atoms with E-state index in [1.165, 1.54) is 0 Å². The first-order valence-electron chi connectivity index (χ1n) is 6.41. The van der Waals surface area contributed by atoms with Gasteiger partial charge in [0.05, 0.1) is 13.7 Å². The van der Waals surface area contributed by atoms with Crippen molar-refractivity contribution in [3.8, 4) is 17.1 Å². The molecule has 0 aliphatic carbocycles. The molecule has 0 radical (unpaired) electrons. The highest BCUT2D eigenvalue weighted by Gasteiger charge is 2.06. The number of tetrazole rings is 1. The van der Waals surface area contributed by atoms with Gasteiger partial charge >= 0.3 is 0 Å². The van der Waals surface area contributed by atoms with Gasteiger partial charge in [0, 0.05) is 10.6 Å². The molecule has 0 unspecified atom stereocenters. The van der Waals surface area contributed by atoms with Crippen molar-refractivity contribution >= 4 is 11.6 Å². The van der Waals surface area contributed by atoms with Gasteiger partial charge in [0.1, 0.15) is 5.75 Å². The van der Waals surface area contributed by atoms with E-state index in [0.717, 1.165) is 16.9 Å². The Morgan fingerprint density at radius 2 is 1.76 bits per heavy atom. The van der Waals surface area contributed by atoms with Gasteiger partial charge in [-0.25, -0.2) is 0 Å². The monoisotopic (exact) mass is 300 g/mol. The zero-order chi connectivity index (χ0) is 14.7. The first-order chi connectivity index (χ1) is 10.2. The van der Waals surface area contributed by atoms with E-state index in [1.54, 1.807) is 11.9 Å². The molecule has 1 aromatic heterocycles. The lowest BCUT2D eigenvalue weighted by atomic mass is 10.2. The maximum absolute atomic E-state index is 5.86. The van der Waals surface area contributed by atoms with Crippen LogP contribution in [0.25, 0.3) is 11.4 Å². The van der Waals surface area contributed by atoms with Crippen molar-refractivity contribution in [3.63, 3.8) is 0 Å². The molecule has 0 aliphatic heterocycles. The smallest absolute Gasteiger partial charge is 0.204 e. The summed E-state index contributed by atoms with van der Waals surface area (Å²) in [5.41, 5.74) is 1.97. The van der Waals surface area contributed by atoms with Gasteiger partial charge in [-0.05, 0) is 47.2 Å². The maximum atomic E-state index is 5.86. The molecule has 0 saturated heterocycles. The van der Waals surface area contributed by atoms with Crippen LogP contribution in [0.4, 0.5) is 0 Å². The molecule has 5 nitrogen and oxygen atoms in total. The molecule has 0 saturated carbocycles. The topological polar surface area (TPSA) is 52.8 Å². The van der Waals surface area contributed by atoms with Crippen molar-refractivity contribution < 1.29 is 4.74 Å². The Kier molecular flexibility index (Phi) is 3.83. The van der Waals surface area contributed by atoms with E-state index in [0.29, 0.717) is 17.4 Å². The Hall–Kier alpha value is -2.40. The average Bonchev–Trinajstić information content (AvgIpc) is 2.98. The fraction of sp³-hybridized carbons (Fsp3) is 0.133. The van der Waals surface area contributed by atoms with Crippen LogP contribution >= 0.6 is 11.6 Å². The van der Waals surface area contributed by atoms with Gasteiger partial charge < -0.3 is 4.74 Å². The normalized spacial score (nSPS) is 10.6. The fourth-order valence-electron chi connectivity index (χ4n) is 1.92. The lowest BCUT2D eigenvalue weighted by molar-refractivity contribution is 0.415. The third kappa shape index (κ3) is 3.20. The van der Waals surface area contributed by atoms with Gasteiger partial charge in [-0.1, -0.05) is 23.7 Å². The summed E-state index contributed by atoms with van der Waals surface area (Å²) in [6.07, 6.45) is 0. The fourth-order valence-corrected chi connectivity index (χ4v) is 2.04. The number of hydrogen-bond acceptors (Lipinski definition) is 4. The molecule has 1 heterocycles. The van der Waals surface area contributed by atoms with Gasteiger partial charge in [-0.2, -0.15) is 4.80 Å². The van der Waals surface area contributed by atoms with Crippen LogP contribution in [0.5, 0.6) is 5.75 Å². The Morgan fingerprint density at radius 1 is 1.05 bits per heavy atom. The first kappa shape index (κ1) is 13.6. The van der Waals surface area contributed by atoms with Gasteiger partial charge in [0.25, 0.3) is 0 Å². The van der Waals surface area contributed by atoms with Gasteiger partial charge in [0.2, 0.25) is 5.82 Å². The first-order valence-corrected chi connectivity index (χ1v) is 6.79. The molecule has 0 bridgehead atoms. The van der Waals surface area contributed by atoms with Crippen molar-refractivity contribution in [3.05, 3.63) is 59.1 Å². The van der Waals surface area contributed by atoms with Crippen LogP contribution in [-0.4, -0.2) is 27.3 Å². The molecular weight excluding hydrogens is 288 g/mol. The van der Waals surface area contributed by atoms with Crippen LogP contribution in [0.3, 0.4) is 0 Å². The molecular formula is C15H13ClN4O. The molecule has 0 fully saturated rings. The third-order valence-corrected chi connectivity index (χ3v) is 3.29. The molecule has 0 N–H and O–H groups in total. The molecule has 6 heteroatoms. The van der Waals surface area contributed by atoms with Crippen LogP contribution in [0, 0.1) is 0 Å². The van der Waals surface area contributed by atoms with E-state index in [9.17, 15) is 0 Å². The SMILES string of the molecule is COc1ccc(-c2nnn(Cc3ccc(Cl)cc3)n2)cc1. The zero-order valence-corrected chi connectivity index (χ0v) is 12.2. The van der Waals surface area contributed by atoms with Crippen LogP contribution in [0.1, 0.15) is 5.56 Å². The maximum Gasteiger partial charge on any atom is 0.204 e. The van der Waals surface area contributed by atoms with Crippen molar-refractivity contribution in [2.24, 2.45) is 0 Å². The van der Waals surface area contributed by atoms with Crippen molar-refractivity contribution in [1.29, 1.82) is 0 Å². The quantitative estimate of drug-likeness (QED) is 0.743. The molecule has 0 amide bonds. The Morgan fingerprint density at radius 3 is 2.43 bits per heavy atom. The van der Waals surface area contributed by atoms with Crippen LogP contribution in [0.15, 0.2) is 48.5 Å². The highest BCUT2D eigenvalue weighted by molar-refractivity contribution is 6.30. The molecule has 0 aliphatic rings. The number of benzene rings is 2. The van der Waals surface area contributed by atoms with Crippen LogP contribution < -0.4 is 4.74 Å². The Labute approximate surface area is 127 Å². The summed E-state index contributed by atoms with van der Waals surface area (Å²) in [5, 5.41) is 13.2. The lowest BCUT2D eigenvalue weighted by Crippen LogP contribution is -2.03. The van der Waals surface area contributed by atoms with E-state index in [1.807, 2.05) is 48.5 Å². The summed E-state index contributed by atoms with van der Waals surface area (Å²) in [4.78, 5) is 1.56. The summed E-state index contributed by atoms with van der Waals surface area (Å²) in [6.45, 7) is 0.556. The standard InChI is InChI=1S/C15H13ClN4O/c1-21-14-8-4-12(5-9-14)15-17-19-20(18-15)10-11-2-6-13(16)7-3-11/h2-9H,10H2,1H3. The summed E-state index contributed by atoms with van der Waals surface area (Å²) in [7, 11) is 1.63. The second kappa shape index (κ2) is 5.93. The number of ether oxygens (including phenoxy) is 1. The molecule has 3 rings (SSSR count). The van der Waals surface area contributed by atoms with Gasteiger partial charge in [-0.3, -0.25) is 0 Å². The molecule has 3 aromatic rings. The van der Waals surface area contributed by atoms with Gasteiger partial charge in [0.15, 0.2) is 0 Å². The third-order valence-electron chi connectivity index (χ3n) is 3.04. The predicted molar refractivity (Wildman–Crippen MR) is 80.4 cm³/mol. The van der Waals surface area contributed by atoms with Crippen LogP contribution in [-0.2, 0) is 6.54 Å². The van der Waals surface area contributed by atoms with E-state index in [4.69, 9.17) is 16.3 Å². The number of hydrogen-bond donors (Lipinski definition) is 0. The second-order valence-electron chi connectivity index (χ2n) is 4.50. The number of nitrogens with zero attached hydrogens (tertiary/aromatic N) is 4. The molecule has 2 aromatic carbocycles. The van der Waals surface area contributed by atoms with E-state index in [-0.39, 0.29) is 0 Å². The van der Waals surface area contributed by atoms with E-state index < -0.39 is 0 Å². The van der Waals surface area contributed by atoms with Crippen LogP contribution in [0.2, 0.25) is 5.02 Å². The molecule has 106 valence electrons. The zero-order valence-electron chi connectivity index (χ0n) is 11.4. The van der Waals surface area contributed by atoms with E-state index in [2.05, 4.69) is 15.4 Å². The minimum absolute atomic E-state index is 0.556. The number of methoxy groups -OCH3 is 1. The minimum Gasteiger partial charge on any atom is -0.497 e. The highest BCUT2D eigenvalue weighted by Crippen LogP contribution is 2.18. The lowest BCUT2D eigenvalue weighted by Gasteiger charge is -2.00. The predicted octanol–water partition coefficient (Wildman–Crippen LogP) is 3.05. The minimum atomic E-state index is 0.556. The highest BCUT2D eigenvalue weighted by atomic mass is 35.5. The summed E-state index contributed by atoms with van der Waals surface area (Å²) in [6, 6.07) is 15.1. The molecule has 21 heavy (non-hydrogen) atoms. The van der Waals surface area contributed by atoms with Gasteiger partial charge in [-0.15, -0.1) is 10.2 Å². The number of aromatic nitrogens is 4. The summed E-state index contributed by atoms with van der Waals surface area (Å²) >= 11 is 5.86. The Bertz CT molecular complexity index is 722.